The van der Waals surface area contributed by atoms with E-state index in [9.17, 15) is 13.2 Å². The third kappa shape index (κ3) is 4.39. The Bertz CT molecular complexity index is 965. The van der Waals surface area contributed by atoms with E-state index in [0.717, 1.165) is 43.2 Å². The van der Waals surface area contributed by atoms with Gasteiger partial charge in [0.05, 0.1) is 4.90 Å². The van der Waals surface area contributed by atoms with Crippen molar-refractivity contribution in [1.82, 2.24) is 4.72 Å². The zero-order valence-corrected chi connectivity index (χ0v) is 16.0. The zero-order chi connectivity index (χ0) is 18.9. The molecule has 0 saturated heterocycles. The molecule has 0 spiro atoms. The molecular formula is C21H24N2O3S. The third-order valence-electron chi connectivity index (χ3n) is 5.24. The summed E-state index contributed by atoms with van der Waals surface area (Å²) in [4.78, 5) is 12.2. The summed E-state index contributed by atoms with van der Waals surface area (Å²) in [6, 6.07) is 12.8. The normalized spacial score (nSPS) is 16.6. The number of amides is 1. The lowest BCUT2D eigenvalue weighted by atomic mass is 9.92. The quantitative estimate of drug-likeness (QED) is 0.802. The minimum Gasteiger partial charge on any atom is -0.326 e. The average Bonchev–Trinajstić information content (AvgIpc) is 3.52. The van der Waals surface area contributed by atoms with E-state index in [1.54, 1.807) is 6.07 Å². The van der Waals surface area contributed by atoms with Crippen LogP contribution < -0.4 is 10.0 Å². The monoisotopic (exact) mass is 384 g/mol. The molecule has 1 saturated carbocycles. The second-order valence-electron chi connectivity index (χ2n) is 7.43. The van der Waals surface area contributed by atoms with Crippen LogP contribution in [-0.2, 0) is 34.2 Å². The highest BCUT2D eigenvalue weighted by atomic mass is 32.2. The van der Waals surface area contributed by atoms with Crippen LogP contribution in [0.3, 0.4) is 0 Å². The van der Waals surface area contributed by atoms with Crippen LogP contribution in [0.25, 0.3) is 0 Å². The van der Waals surface area contributed by atoms with Crippen molar-refractivity contribution >= 4 is 21.6 Å². The Labute approximate surface area is 160 Å². The lowest BCUT2D eigenvalue weighted by molar-refractivity contribution is -0.117. The van der Waals surface area contributed by atoms with Crippen molar-refractivity contribution in [3.63, 3.8) is 0 Å². The Morgan fingerprint density at radius 1 is 1.00 bits per heavy atom. The predicted octanol–water partition coefficient (Wildman–Crippen LogP) is 3.39. The van der Waals surface area contributed by atoms with Gasteiger partial charge in [0.15, 0.2) is 0 Å². The molecule has 5 nitrogen and oxygen atoms in total. The Morgan fingerprint density at radius 2 is 1.78 bits per heavy atom. The van der Waals surface area contributed by atoms with Gasteiger partial charge in [-0.2, -0.15) is 0 Å². The molecule has 2 aliphatic rings. The van der Waals surface area contributed by atoms with Gasteiger partial charge < -0.3 is 5.32 Å². The highest BCUT2D eigenvalue weighted by molar-refractivity contribution is 7.89. The zero-order valence-electron chi connectivity index (χ0n) is 15.2. The molecule has 0 atom stereocenters. The Balaban J connectivity index is 1.43. The molecule has 0 heterocycles. The number of fused-ring (bicyclic) bond motifs is 1. The number of anilines is 1. The van der Waals surface area contributed by atoms with Gasteiger partial charge in [0.1, 0.15) is 0 Å². The number of carbonyl (C=O) groups is 1. The van der Waals surface area contributed by atoms with Crippen LogP contribution in [0.4, 0.5) is 5.69 Å². The van der Waals surface area contributed by atoms with Crippen molar-refractivity contribution in [2.75, 3.05) is 5.32 Å². The first-order chi connectivity index (χ1) is 13.0. The second kappa shape index (κ2) is 7.44. The summed E-state index contributed by atoms with van der Waals surface area (Å²) in [6.07, 6.45) is 6.16. The van der Waals surface area contributed by atoms with E-state index in [1.165, 1.54) is 12.0 Å². The van der Waals surface area contributed by atoms with Crippen molar-refractivity contribution < 1.29 is 13.2 Å². The molecule has 0 radical (unpaired) electrons. The number of hydrogen-bond donors (Lipinski definition) is 2. The van der Waals surface area contributed by atoms with Gasteiger partial charge in [-0.25, -0.2) is 13.1 Å². The van der Waals surface area contributed by atoms with Crippen molar-refractivity contribution in [1.29, 1.82) is 0 Å². The summed E-state index contributed by atoms with van der Waals surface area (Å²) in [7, 11) is -3.57. The van der Waals surface area contributed by atoms with E-state index in [0.29, 0.717) is 10.6 Å². The summed E-state index contributed by atoms with van der Waals surface area (Å²) in [5, 5.41) is 2.89. The Kier molecular flexibility index (Phi) is 5.02. The van der Waals surface area contributed by atoms with E-state index < -0.39 is 10.0 Å². The van der Waals surface area contributed by atoms with Gasteiger partial charge in [-0.05, 0) is 79.5 Å². The van der Waals surface area contributed by atoms with E-state index in [2.05, 4.69) is 10.0 Å². The minimum absolute atomic E-state index is 0.0433. The molecule has 0 aromatic heterocycles. The van der Waals surface area contributed by atoms with Crippen LogP contribution in [0.2, 0.25) is 0 Å². The van der Waals surface area contributed by atoms with Crippen LogP contribution in [0.5, 0.6) is 0 Å². The number of hydrogen-bond acceptors (Lipinski definition) is 3. The molecule has 1 fully saturated rings. The van der Waals surface area contributed by atoms with Gasteiger partial charge in [0.2, 0.25) is 15.9 Å². The molecule has 0 bridgehead atoms. The largest absolute Gasteiger partial charge is 0.326 e. The molecule has 2 aliphatic carbocycles. The summed E-state index contributed by atoms with van der Waals surface area (Å²) >= 11 is 0. The Hall–Kier alpha value is -2.18. The summed E-state index contributed by atoms with van der Waals surface area (Å²) in [5.74, 6) is 0.179. The topological polar surface area (TPSA) is 75.3 Å². The summed E-state index contributed by atoms with van der Waals surface area (Å²) in [6.45, 7) is 0.187. The maximum Gasteiger partial charge on any atom is 0.240 e. The number of rotatable bonds is 6. The molecule has 2 aromatic rings. The van der Waals surface area contributed by atoms with Crippen LogP contribution in [0.1, 0.15) is 42.4 Å². The maximum atomic E-state index is 12.7. The maximum absolute atomic E-state index is 12.7. The number of aryl methyl sites for hydroxylation is 2. The SMILES string of the molecule is O=C(Nc1cccc(CNS(=O)(=O)c2ccc3c(c2)CCCC3)c1)C1CC1. The highest BCUT2D eigenvalue weighted by Gasteiger charge is 2.29. The first-order valence-corrected chi connectivity index (χ1v) is 11.0. The number of nitrogens with one attached hydrogen (secondary N) is 2. The number of sulfonamides is 1. The van der Waals surface area contributed by atoms with Gasteiger partial charge in [-0.3, -0.25) is 4.79 Å². The van der Waals surface area contributed by atoms with Crippen molar-refractivity contribution in [3.8, 4) is 0 Å². The van der Waals surface area contributed by atoms with E-state index in [1.807, 2.05) is 36.4 Å². The van der Waals surface area contributed by atoms with Gasteiger partial charge in [0, 0.05) is 18.2 Å². The lowest BCUT2D eigenvalue weighted by Crippen LogP contribution is -2.23. The third-order valence-corrected chi connectivity index (χ3v) is 6.64. The first kappa shape index (κ1) is 18.2. The van der Waals surface area contributed by atoms with Gasteiger partial charge >= 0.3 is 0 Å². The summed E-state index contributed by atoms with van der Waals surface area (Å²) in [5.41, 5.74) is 3.93. The highest BCUT2D eigenvalue weighted by Crippen LogP contribution is 2.30. The van der Waals surface area contributed by atoms with E-state index in [4.69, 9.17) is 0 Å². The summed E-state index contributed by atoms with van der Waals surface area (Å²) < 4.78 is 28.0. The average molecular weight is 385 g/mol. The second-order valence-corrected chi connectivity index (χ2v) is 9.19. The Morgan fingerprint density at radius 3 is 2.56 bits per heavy atom. The van der Waals surface area contributed by atoms with Gasteiger partial charge in [-0.15, -0.1) is 0 Å². The fourth-order valence-corrected chi connectivity index (χ4v) is 4.56. The van der Waals surface area contributed by atoms with Gasteiger partial charge in [-0.1, -0.05) is 18.2 Å². The van der Waals surface area contributed by atoms with Crippen LogP contribution in [-0.4, -0.2) is 14.3 Å². The first-order valence-electron chi connectivity index (χ1n) is 9.52. The molecule has 2 N–H and O–H groups in total. The molecule has 27 heavy (non-hydrogen) atoms. The molecule has 142 valence electrons. The van der Waals surface area contributed by atoms with Crippen molar-refractivity contribution in [2.45, 2.75) is 50.0 Å². The fraction of sp³-hybridized carbons (Fsp3) is 0.381. The molecule has 1 amide bonds. The lowest BCUT2D eigenvalue weighted by Gasteiger charge is -2.17. The molecule has 0 unspecified atom stereocenters. The molecule has 4 rings (SSSR count). The molecule has 2 aromatic carbocycles. The number of carbonyl (C=O) groups excluding carboxylic acids is 1. The standard InChI is InChI=1S/C21H24N2O3S/c24-21(17-8-9-17)23-19-7-3-4-15(12-19)14-22-27(25,26)20-11-10-16-5-1-2-6-18(16)13-20/h3-4,7,10-13,17,22H,1-2,5-6,8-9,14H2,(H,23,24). The molecule has 6 heteroatoms. The molecule has 0 aliphatic heterocycles. The van der Waals surface area contributed by atoms with E-state index >= 15 is 0 Å². The van der Waals surface area contributed by atoms with Crippen LogP contribution in [0.15, 0.2) is 47.4 Å². The van der Waals surface area contributed by atoms with Crippen molar-refractivity contribution in [3.05, 3.63) is 59.2 Å². The predicted molar refractivity (Wildman–Crippen MR) is 105 cm³/mol. The fourth-order valence-electron chi connectivity index (χ4n) is 3.49. The minimum atomic E-state index is -3.57. The van der Waals surface area contributed by atoms with E-state index in [-0.39, 0.29) is 18.4 Å². The smallest absolute Gasteiger partial charge is 0.240 e. The van der Waals surface area contributed by atoms with Crippen LogP contribution in [0, 0.1) is 5.92 Å². The van der Waals surface area contributed by atoms with Gasteiger partial charge in [0.25, 0.3) is 0 Å². The van der Waals surface area contributed by atoms with Crippen LogP contribution >= 0.6 is 0 Å². The molecular weight excluding hydrogens is 360 g/mol. The number of benzene rings is 2. The van der Waals surface area contributed by atoms with Crippen molar-refractivity contribution in [2.24, 2.45) is 5.92 Å².